The molecule has 6 nitrogen and oxygen atoms in total. The summed E-state index contributed by atoms with van der Waals surface area (Å²) < 4.78 is 1.95. The molecule has 0 atom stereocenters. The van der Waals surface area contributed by atoms with E-state index >= 15 is 0 Å². The molecule has 3 heterocycles. The van der Waals surface area contributed by atoms with Crippen molar-refractivity contribution >= 4 is 49.2 Å². The first-order valence-corrected chi connectivity index (χ1v) is 14.0. The molecule has 5 rings (SSSR count). The van der Waals surface area contributed by atoms with Crippen LogP contribution in [0.4, 0.5) is 5.95 Å². The van der Waals surface area contributed by atoms with Gasteiger partial charge in [0, 0.05) is 34.4 Å². The molecule has 0 bridgehead atoms. The highest BCUT2D eigenvalue weighted by Crippen LogP contribution is 2.37. The topological polar surface area (TPSA) is 70.2 Å². The second-order valence-corrected chi connectivity index (χ2v) is 11.4. The number of thiophene rings is 1. The zero-order chi connectivity index (χ0) is 23.5. The number of carbonyl (C=O) groups is 1. The number of carbonyl (C=O) groups excluding carboxylic acids is 1. The number of halogens is 1. The first-order chi connectivity index (χ1) is 16.6. The standard InChI is InChI=1S/C26H32BrN5OS/c1-2-32-13-10-17(11-14-32)5-4-12-28-26-29-16-21(27)24(31-26)23-15-20-19(6-3-7-22(20)34-23)25(33)30-18-8-9-18/h3,6-7,15-18H,2,4-5,8-14H2,1H3,(H,30,33)(H,28,29,31). The molecule has 3 aromatic rings. The predicted octanol–water partition coefficient (Wildman–Crippen LogP) is 5.94. The van der Waals surface area contributed by atoms with Gasteiger partial charge in [-0.15, -0.1) is 11.3 Å². The van der Waals surface area contributed by atoms with Gasteiger partial charge in [0.15, 0.2) is 0 Å². The van der Waals surface area contributed by atoms with Crippen molar-refractivity contribution in [2.75, 3.05) is 31.5 Å². The predicted molar refractivity (Wildman–Crippen MR) is 144 cm³/mol. The Balaban J connectivity index is 1.24. The number of hydrogen-bond acceptors (Lipinski definition) is 6. The molecule has 2 aliphatic rings. The summed E-state index contributed by atoms with van der Waals surface area (Å²) in [5.74, 6) is 1.51. The Kier molecular flexibility index (Phi) is 7.46. The van der Waals surface area contributed by atoms with Crippen LogP contribution in [0.25, 0.3) is 20.7 Å². The van der Waals surface area contributed by atoms with Gasteiger partial charge in [0.25, 0.3) is 5.91 Å². The van der Waals surface area contributed by atoms with Crippen molar-refractivity contribution in [2.24, 2.45) is 5.92 Å². The minimum Gasteiger partial charge on any atom is -0.354 e. The third-order valence-corrected chi connectivity index (χ3v) is 8.61. The van der Waals surface area contributed by atoms with Crippen molar-refractivity contribution in [3.05, 3.63) is 40.5 Å². The Morgan fingerprint density at radius 1 is 1.24 bits per heavy atom. The zero-order valence-corrected chi connectivity index (χ0v) is 22.1. The van der Waals surface area contributed by atoms with Gasteiger partial charge in [-0.3, -0.25) is 4.79 Å². The van der Waals surface area contributed by atoms with Crippen LogP contribution in [0.2, 0.25) is 0 Å². The number of likely N-dealkylation sites (tertiary alicyclic amines) is 1. The molecular weight excluding hydrogens is 510 g/mol. The maximum Gasteiger partial charge on any atom is 0.252 e. The van der Waals surface area contributed by atoms with Crippen LogP contribution in [-0.2, 0) is 0 Å². The van der Waals surface area contributed by atoms with Crippen molar-refractivity contribution < 1.29 is 4.79 Å². The molecule has 2 fully saturated rings. The number of aromatic nitrogens is 2. The molecule has 1 saturated heterocycles. The maximum absolute atomic E-state index is 12.7. The fraction of sp³-hybridized carbons (Fsp3) is 0.500. The zero-order valence-electron chi connectivity index (χ0n) is 19.6. The molecule has 2 aromatic heterocycles. The van der Waals surface area contributed by atoms with Crippen LogP contribution < -0.4 is 10.6 Å². The van der Waals surface area contributed by atoms with Crippen molar-refractivity contribution in [1.82, 2.24) is 20.2 Å². The molecule has 8 heteroatoms. The van der Waals surface area contributed by atoms with Gasteiger partial charge >= 0.3 is 0 Å². The average Bonchev–Trinajstić information content (AvgIpc) is 3.56. The Labute approximate surface area is 213 Å². The second kappa shape index (κ2) is 10.7. The van der Waals surface area contributed by atoms with E-state index in [1.807, 2.05) is 18.3 Å². The van der Waals surface area contributed by atoms with Gasteiger partial charge in [-0.2, -0.15) is 0 Å². The number of amides is 1. The summed E-state index contributed by atoms with van der Waals surface area (Å²) in [6, 6.07) is 8.36. The smallest absolute Gasteiger partial charge is 0.252 e. The molecule has 0 radical (unpaired) electrons. The highest BCUT2D eigenvalue weighted by atomic mass is 79.9. The third-order valence-electron chi connectivity index (χ3n) is 6.92. The van der Waals surface area contributed by atoms with E-state index in [2.05, 4.69) is 55.5 Å². The quantitative estimate of drug-likeness (QED) is 0.328. The number of rotatable bonds is 9. The van der Waals surface area contributed by atoms with Crippen LogP contribution in [0.3, 0.4) is 0 Å². The van der Waals surface area contributed by atoms with E-state index in [0.29, 0.717) is 12.0 Å². The summed E-state index contributed by atoms with van der Waals surface area (Å²) in [6.07, 6.45) is 9.01. The molecule has 34 heavy (non-hydrogen) atoms. The van der Waals surface area contributed by atoms with E-state index in [1.54, 1.807) is 11.3 Å². The van der Waals surface area contributed by atoms with Gasteiger partial charge in [0.2, 0.25) is 5.95 Å². The SMILES string of the molecule is CCN1CCC(CCCNc2ncc(Br)c(-c3cc4c(C(=O)NC5CC5)cccc4s3)n2)CC1. The van der Waals surface area contributed by atoms with Gasteiger partial charge < -0.3 is 15.5 Å². The molecule has 1 aliphatic heterocycles. The first kappa shape index (κ1) is 23.7. The lowest BCUT2D eigenvalue weighted by molar-refractivity contribution is 0.0953. The summed E-state index contributed by atoms with van der Waals surface area (Å²) in [7, 11) is 0. The van der Waals surface area contributed by atoms with E-state index < -0.39 is 0 Å². The molecule has 1 amide bonds. The number of benzene rings is 1. The molecule has 180 valence electrons. The molecule has 2 N–H and O–H groups in total. The minimum atomic E-state index is 0.0157. The summed E-state index contributed by atoms with van der Waals surface area (Å²) >= 11 is 5.28. The number of hydrogen-bond donors (Lipinski definition) is 2. The van der Waals surface area contributed by atoms with Gasteiger partial charge in [0.05, 0.1) is 9.35 Å². The molecule has 1 aromatic carbocycles. The van der Waals surface area contributed by atoms with Gasteiger partial charge in [-0.05, 0) is 98.2 Å². The van der Waals surface area contributed by atoms with Crippen LogP contribution in [0.15, 0.2) is 34.9 Å². The van der Waals surface area contributed by atoms with Gasteiger partial charge in [-0.25, -0.2) is 9.97 Å². The number of nitrogens with zero attached hydrogens (tertiary/aromatic N) is 3. The van der Waals surface area contributed by atoms with Crippen molar-refractivity contribution in [3.63, 3.8) is 0 Å². The molecule has 1 saturated carbocycles. The highest BCUT2D eigenvalue weighted by Gasteiger charge is 2.25. The van der Waals surface area contributed by atoms with Crippen LogP contribution in [0, 0.1) is 5.92 Å². The lowest BCUT2D eigenvalue weighted by Crippen LogP contribution is -2.33. The number of nitrogens with one attached hydrogen (secondary N) is 2. The fourth-order valence-electron chi connectivity index (χ4n) is 4.67. The molecular formula is C26H32BrN5OS. The Morgan fingerprint density at radius 2 is 2.06 bits per heavy atom. The Hall–Kier alpha value is -2.03. The maximum atomic E-state index is 12.7. The summed E-state index contributed by atoms with van der Waals surface area (Å²) in [4.78, 5) is 25.6. The number of fused-ring (bicyclic) bond motifs is 1. The van der Waals surface area contributed by atoms with Crippen LogP contribution in [0.1, 0.15) is 55.8 Å². The minimum absolute atomic E-state index is 0.0157. The Morgan fingerprint density at radius 3 is 2.82 bits per heavy atom. The van der Waals surface area contributed by atoms with E-state index in [-0.39, 0.29) is 5.91 Å². The summed E-state index contributed by atoms with van der Waals surface area (Å²) in [6.45, 7) is 6.79. The Bertz CT molecular complexity index is 1150. The molecule has 0 unspecified atom stereocenters. The third kappa shape index (κ3) is 5.61. The van der Waals surface area contributed by atoms with E-state index in [1.165, 1.54) is 38.9 Å². The van der Waals surface area contributed by atoms with Crippen molar-refractivity contribution in [3.8, 4) is 10.6 Å². The first-order valence-electron chi connectivity index (χ1n) is 12.4. The lowest BCUT2D eigenvalue weighted by atomic mass is 9.92. The monoisotopic (exact) mass is 541 g/mol. The highest BCUT2D eigenvalue weighted by molar-refractivity contribution is 9.10. The molecule has 0 spiro atoms. The number of piperidine rings is 1. The fourth-order valence-corrected chi connectivity index (χ4v) is 6.30. The van der Waals surface area contributed by atoms with Crippen molar-refractivity contribution in [2.45, 2.75) is 51.5 Å². The normalized spacial score (nSPS) is 17.2. The number of anilines is 1. The van der Waals surface area contributed by atoms with Crippen LogP contribution >= 0.6 is 27.3 Å². The molecule has 1 aliphatic carbocycles. The average molecular weight is 543 g/mol. The van der Waals surface area contributed by atoms with Crippen LogP contribution in [-0.4, -0.2) is 53.0 Å². The van der Waals surface area contributed by atoms with E-state index in [0.717, 1.165) is 62.4 Å². The van der Waals surface area contributed by atoms with E-state index in [4.69, 9.17) is 4.98 Å². The summed E-state index contributed by atoms with van der Waals surface area (Å²) in [5, 5.41) is 7.51. The van der Waals surface area contributed by atoms with Crippen LogP contribution in [0.5, 0.6) is 0 Å². The van der Waals surface area contributed by atoms with Gasteiger partial charge in [-0.1, -0.05) is 13.0 Å². The van der Waals surface area contributed by atoms with Crippen molar-refractivity contribution in [1.29, 1.82) is 0 Å². The second-order valence-electron chi connectivity index (χ2n) is 9.41. The summed E-state index contributed by atoms with van der Waals surface area (Å²) in [5.41, 5.74) is 1.60. The van der Waals surface area contributed by atoms with E-state index in [9.17, 15) is 4.79 Å². The largest absolute Gasteiger partial charge is 0.354 e. The van der Waals surface area contributed by atoms with Gasteiger partial charge in [0.1, 0.15) is 5.69 Å². The lowest BCUT2D eigenvalue weighted by Gasteiger charge is -2.31.